The number of nitro benzene ring substituents is 1. The molecule has 1 saturated carbocycles. The molecule has 11 heteroatoms. The minimum atomic E-state index is -0.465. The largest absolute Gasteiger partial charge is 0.490 e. The van der Waals surface area contributed by atoms with E-state index >= 15 is 0 Å². The van der Waals surface area contributed by atoms with Crippen LogP contribution in [0.2, 0.25) is 0 Å². The monoisotopic (exact) mass is 566 g/mol. The Morgan fingerprint density at radius 1 is 1.19 bits per heavy atom. The lowest BCUT2D eigenvalue weighted by molar-refractivity contribution is -0.386. The van der Waals surface area contributed by atoms with E-state index in [2.05, 4.69) is 15.9 Å². The standard InChI is InChI=1S/C16H28BNO4.C9H8BrNO3/c1-14(2,3)20-13(19)18-10-8-12(9-11-18)17-21-15(4,5)16(6,7)22-17;10-6-1-4-8(11(12)13)9(5-6)14-7-2-3-7/h8H,9-11H2,1-7H3;1,4-5,7H,2-3H2. The van der Waals surface area contributed by atoms with Crippen LogP contribution >= 0.6 is 15.9 Å². The maximum Gasteiger partial charge on any atom is 0.490 e. The summed E-state index contributed by atoms with van der Waals surface area (Å²) in [5.41, 5.74) is 0.00701. The van der Waals surface area contributed by atoms with Gasteiger partial charge in [0.2, 0.25) is 0 Å². The number of nitrogens with zero attached hydrogens (tertiary/aromatic N) is 2. The second-order valence-corrected chi connectivity index (χ2v) is 12.1. The maximum atomic E-state index is 12.1. The molecule has 1 amide bonds. The first kappa shape index (κ1) is 28.5. The summed E-state index contributed by atoms with van der Waals surface area (Å²) in [7, 11) is -0.314. The van der Waals surface area contributed by atoms with E-state index in [9.17, 15) is 14.9 Å². The molecule has 198 valence electrons. The van der Waals surface area contributed by atoms with Crippen LogP contribution in [0, 0.1) is 10.1 Å². The van der Waals surface area contributed by atoms with Crippen molar-refractivity contribution in [3.63, 3.8) is 0 Å². The molecule has 9 nitrogen and oxygen atoms in total. The Balaban J connectivity index is 0.000000221. The van der Waals surface area contributed by atoms with Crippen molar-refractivity contribution in [3.05, 3.63) is 44.3 Å². The van der Waals surface area contributed by atoms with E-state index in [1.54, 1.807) is 17.0 Å². The van der Waals surface area contributed by atoms with E-state index in [1.165, 1.54) is 6.07 Å². The predicted molar refractivity (Wildman–Crippen MR) is 141 cm³/mol. The summed E-state index contributed by atoms with van der Waals surface area (Å²) in [6, 6.07) is 4.72. The molecule has 0 N–H and O–H groups in total. The van der Waals surface area contributed by atoms with Gasteiger partial charge in [-0.1, -0.05) is 22.0 Å². The molecule has 1 aliphatic carbocycles. The summed E-state index contributed by atoms with van der Waals surface area (Å²) >= 11 is 3.25. The molecule has 2 aliphatic heterocycles. The van der Waals surface area contributed by atoms with E-state index in [1.807, 2.05) is 54.5 Å². The number of nitro groups is 1. The molecule has 0 atom stereocenters. The summed E-state index contributed by atoms with van der Waals surface area (Å²) in [6.45, 7) is 15.0. The molecule has 3 aliphatic rings. The van der Waals surface area contributed by atoms with Gasteiger partial charge in [0.1, 0.15) is 5.60 Å². The Morgan fingerprint density at radius 3 is 2.28 bits per heavy atom. The van der Waals surface area contributed by atoms with Gasteiger partial charge >= 0.3 is 18.9 Å². The van der Waals surface area contributed by atoms with Gasteiger partial charge in [0, 0.05) is 29.7 Å². The molecule has 0 radical (unpaired) electrons. The highest BCUT2D eigenvalue weighted by molar-refractivity contribution is 9.10. The minimum absolute atomic E-state index is 0.0279. The third kappa shape index (κ3) is 7.46. The molecule has 1 saturated heterocycles. The molecule has 1 aromatic carbocycles. The van der Waals surface area contributed by atoms with Crippen molar-refractivity contribution in [2.75, 3.05) is 13.1 Å². The first-order valence-corrected chi connectivity index (χ1v) is 13.0. The maximum absolute atomic E-state index is 12.1. The van der Waals surface area contributed by atoms with Crippen LogP contribution in [-0.4, -0.2) is 59.0 Å². The second kappa shape index (κ2) is 10.7. The summed E-state index contributed by atoms with van der Waals surface area (Å²) in [5.74, 6) is 0.354. The topological polar surface area (TPSA) is 100 Å². The van der Waals surface area contributed by atoms with Crippen LogP contribution < -0.4 is 4.74 Å². The van der Waals surface area contributed by atoms with Crippen molar-refractivity contribution in [2.45, 2.75) is 90.6 Å². The third-order valence-electron chi connectivity index (χ3n) is 6.39. The summed E-state index contributed by atoms with van der Waals surface area (Å²) < 4.78 is 23.7. The summed E-state index contributed by atoms with van der Waals surface area (Å²) in [6.07, 6.45) is 4.65. The van der Waals surface area contributed by atoms with Gasteiger partial charge in [-0.2, -0.15) is 0 Å². The Kier molecular flexibility index (Phi) is 8.47. The molecule has 4 rings (SSSR count). The van der Waals surface area contributed by atoms with Crippen LogP contribution in [0.5, 0.6) is 5.75 Å². The molecule has 0 aromatic heterocycles. The van der Waals surface area contributed by atoms with Gasteiger partial charge in [-0.3, -0.25) is 10.1 Å². The van der Waals surface area contributed by atoms with Crippen LogP contribution in [0.3, 0.4) is 0 Å². The van der Waals surface area contributed by atoms with Crippen LogP contribution in [0.1, 0.15) is 67.7 Å². The highest BCUT2D eigenvalue weighted by Crippen LogP contribution is 2.39. The SMILES string of the molecule is CC(C)(C)OC(=O)N1CC=C(B2OC(C)(C)C(C)(C)O2)CC1.O=[N+]([O-])c1ccc(Br)cc1OC1CC1. The first-order valence-electron chi connectivity index (χ1n) is 12.2. The molecule has 36 heavy (non-hydrogen) atoms. The van der Waals surface area contributed by atoms with E-state index < -0.39 is 10.5 Å². The number of carbonyl (C=O) groups is 1. The zero-order chi connectivity index (χ0) is 26.9. The second-order valence-electron chi connectivity index (χ2n) is 11.2. The smallest absolute Gasteiger partial charge is 0.483 e. The third-order valence-corrected chi connectivity index (χ3v) is 6.88. The summed E-state index contributed by atoms with van der Waals surface area (Å²) in [5, 5.41) is 10.6. The number of hydrogen-bond donors (Lipinski definition) is 0. The molecule has 2 fully saturated rings. The van der Waals surface area contributed by atoms with E-state index in [0.717, 1.165) is 29.2 Å². The first-order chi connectivity index (χ1) is 16.6. The van der Waals surface area contributed by atoms with E-state index in [4.69, 9.17) is 18.8 Å². The Bertz CT molecular complexity index is 1000. The van der Waals surface area contributed by atoms with Crippen molar-refractivity contribution in [1.29, 1.82) is 0 Å². The number of hydrogen-bond acceptors (Lipinski definition) is 7. The van der Waals surface area contributed by atoms with Crippen molar-refractivity contribution in [3.8, 4) is 5.75 Å². The number of rotatable bonds is 4. The molecule has 0 bridgehead atoms. The number of amides is 1. The van der Waals surface area contributed by atoms with Gasteiger partial charge in [-0.05, 0) is 79.3 Å². The van der Waals surface area contributed by atoms with Crippen molar-refractivity contribution in [1.82, 2.24) is 4.90 Å². The fourth-order valence-electron chi connectivity index (χ4n) is 3.48. The fraction of sp³-hybridized carbons (Fsp3) is 0.640. The molecule has 1 aromatic rings. The van der Waals surface area contributed by atoms with Gasteiger partial charge in [0.05, 0.1) is 22.2 Å². The van der Waals surface area contributed by atoms with Gasteiger partial charge in [0.25, 0.3) is 0 Å². The molecule has 0 spiro atoms. The lowest BCUT2D eigenvalue weighted by atomic mass is 9.75. The highest BCUT2D eigenvalue weighted by Gasteiger charge is 2.52. The minimum Gasteiger partial charge on any atom is -0.483 e. The number of ether oxygens (including phenoxy) is 2. The van der Waals surface area contributed by atoms with Gasteiger partial charge < -0.3 is 23.7 Å². The van der Waals surface area contributed by atoms with Crippen molar-refractivity contribution in [2.24, 2.45) is 0 Å². The number of carbonyl (C=O) groups excluding carboxylic acids is 1. The predicted octanol–water partition coefficient (Wildman–Crippen LogP) is 6.08. The lowest BCUT2D eigenvalue weighted by Crippen LogP contribution is -2.41. The van der Waals surface area contributed by atoms with Gasteiger partial charge in [-0.15, -0.1) is 0 Å². The Hall–Kier alpha value is -2.11. The van der Waals surface area contributed by atoms with Crippen LogP contribution in [0.25, 0.3) is 0 Å². The van der Waals surface area contributed by atoms with Gasteiger partial charge in [0.15, 0.2) is 5.75 Å². The zero-order valence-corrected chi connectivity index (χ0v) is 23.7. The Morgan fingerprint density at radius 2 is 1.81 bits per heavy atom. The number of benzene rings is 1. The normalized spacial score (nSPS) is 20.7. The zero-order valence-electron chi connectivity index (χ0n) is 22.1. The van der Waals surface area contributed by atoms with E-state index in [-0.39, 0.29) is 36.2 Å². The molecule has 0 unspecified atom stereocenters. The highest BCUT2D eigenvalue weighted by atomic mass is 79.9. The van der Waals surface area contributed by atoms with Crippen molar-refractivity contribution >= 4 is 34.8 Å². The quantitative estimate of drug-likeness (QED) is 0.247. The molecule has 2 heterocycles. The molecular formula is C25H36BBrN2O7. The van der Waals surface area contributed by atoms with Crippen LogP contribution in [-0.2, 0) is 14.0 Å². The van der Waals surface area contributed by atoms with Gasteiger partial charge in [-0.25, -0.2) is 4.79 Å². The number of halogens is 1. The van der Waals surface area contributed by atoms with Crippen molar-refractivity contribution < 1.29 is 28.5 Å². The average Bonchev–Trinajstić information content (AvgIpc) is 3.52. The lowest BCUT2D eigenvalue weighted by Gasteiger charge is -2.32. The average molecular weight is 567 g/mol. The fourth-order valence-corrected chi connectivity index (χ4v) is 3.82. The Labute approximate surface area is 221 Å². The summed E-state index contributed by atoms with van der Waals surface area (Å²) in [4.78, 5) is 24.0. The van der Waals surface area contributed by atoms with Crippen LogP contribution in [0.4, 0.5) is 10.5 Å². The van der Waals surface area contributed by atoms with E-state index in [0.29, 0.717) is 18.8 Å². The van der Waals surface area contributed by atoms with Crippen LogP contribution in [0.15, 0.2) is 34.2 Å². The molecular weight excluding hydrogens is 531 g/mol.